The smallest absolute Gasteiger partial charge is 0.271 e. The zero-order chi connectivity index (χ0) is 14.7. The van der Waals surface area contributed by atoms with Gasteiger partial charge >= 0.3 is 0 Å². The first-order valence-corrected chi connectivity index (χ1v) is 6.82. The summed E-state index contributed by atoms with van der Waals surface area (Å²) in [7, 11) is 0. The first-order chi connectivity index (χ1) is 9.49. The Morgan fingerprint density at radius 1 is 1.40 bits per heavy atom. The number of ether oxygens (including phenoxy) is 1. The predicted octanol–water partition coefficient (Wildman–Crippen LogP) is 4.16. The summed E-state index contributed by atoms with van der Waals surface area (Å²) in [6.07, 6.45) is 0.657. The van der Waals surface area contributed by atoms with Gasteiger partial charge in [-0.25, -0.2) is 4.98 Å². The van der Waals surface area contributed by atoms with Crippen LogP contribution < -0.4 is 4.74 Å². The van der Waals surface area contributed by atoms with Gasteiger partial charge in [0, 0.05) is 24.6 Å². The summed E-state index contributed by atoms with van der Waals surface area (Å²) in [5.41, 5.74) is -0.0968. The van der Waals surface area contributed by atoms with Crippen molar-refractivity contribution < 1.29 is 9.66 Å². The molecule has 0 aliphatic heterocycles. The average molecular weight is 359 g/mol. The van der Waals surface area contributed by atoms with Crippen molar-refractivity contribution in [3.63, 3.8) is 0 Å². The number of nitro groups is 1. The summed E-state index contributed by atoms with van der Waals surface area (Å²) < 4.78 is 6.13. The highest BCUT2D eigenvalue weighted by molar-refractivity contribution is 9.10. The molecular formula is C12H9BrClN3O3. The van der Waals surface area contributed by atoms with Gasteiger partial charge in [0.15, 0.2) is 0 Å². The van der Waals surface area contributed by atoms with E-state index in [1.165, 1.54) is 18.2 Å². The van der Waals surface area contributed by atoms with Crippen LogP contribution in [0.25, 0.3) is 0 Å². The molecule has 8 heteroatoms. The Bertz CT molecular complexity index is 666. The molecule has 1 heterocycles. The van der Waals surface area contributed by atoms with E-state index in [1.54, 1.807) is 6.07 Å². The maximum Gasteiger partial charge on any atom is 0.271 e. The predicted molar refractivity (Wildman–Crippen MR) is 77.3 cm³/mol. The summed E-state index contributed by atoms with van der Waals surface area (Å²) in [5.74, 6) is 1.23. The third-order valence-electron chi connectivity index (χ3n) is 2.37. The molecule has 0 amide bonds. The summed E-state index contributed by atoms with van der Waals surface area (Å²) in [5, 5.41) is 10.8. The Balaban J connectivity index is 2.30. The molecule has 104 valence electrons. The monoisotopic (exact) mass is 357 g/mol. The maximum absolute atomic E-state index is 10.6. The van der Waals surface area contributed by atoms with Crippen molar-refractivity contribution in [2.45, 2.75) is 13.3 Å². The molecule has 0 saturated heterocycles. The minimum Gasteiger partial charge on any atom is -0.437 e. The minimum atomic E-state index is -0.522. The lowest BCUT2D eigenvalue weighted by molar-refractivity contribution is -0.384. The van der Waals surface area contributed by atoms with Crippen LogP contribution in [0.15, 0.2) is 28.9 Å². The number of hydrogen-bond acceptors (Lipinski definition) is 5. The van der Waals surface area contributed by atoms with Crippen LogP contribution in [-0.2, 0) is 6.42 Å². The zero-order valence-corrected chi connectivity index (χ0v) is 12.7. The molecule has 1 aromatic heterocycles. The second kappa shape index (κ2) is 6.15. The van der Waals surface area contributed by atoms with Gasteiger partial charge in [-0.3, -0.25) is 10.1 Å². The zero-order valence-electron chi connectivity index (χ0n) is 10.3. The number of halogens is 2. The quantitative estimate of drug-likeness (QED) is 0.466. The largest absolute Gasteiger partial charge is 0.437 e. The molecule has 0 atom stereocenters. The third-order valence-corrected chi connectivity index (χ3v) is 3.08. The van der Waals surface area contributed by atoms with Crippen molar-refractivity contribution in [2.75, 3.05) is 0 Å². The maximum atomic E-state index is 10.6. The molecule has 0 saturated carbocycles. The summed E-state index contributed by atoms with van der Waals surface area (Å²) >= 11 is 9.22. The first kappa shape index (κ1) is 14.7. The number of nitro benzene ring substituents is 1. The molecule has 6 nitrogen and oxygen atoms in total. The number of rotatable bonds is 4. The number of nitrogens with zero attached hydrogens (tertiary/aromatic N) is 3. The van der Waals surface area contributed by atoms with Crippen LogP contribution in [0.3, 0.4) is 0 Å². The van der Waals surface area contributed by atoms with E-state index in [9.17, 15) is 10.1 Å². The van der Waals surface area contributed by atoms with E-state index in [0.29, 0.717) is 28.5 Å². The molecule has 2 aromatic rings. The number of non-ortho nitro benzene ring substituents is 1. The molecule has 0 radical (unpaired) electrons. The topological polar surface area (TPSA) is 78.2 Å². The SMILES string of the molecule is CCc1nc(Br)cc(Oc2ccc([N+](=O)[O-])cc2Cl)n1. The van der Waals surface area contributed by atoms with E-state index in [1.807, 2.05) is 6.92 Å². The van der Waals surface area contributed by atoms with Gasteiger partial charge in [-0.1, -0.05) is 18.5 Å². The molecule has 20 heavy (non-hydrogen) atoms. The fourth-order valence-electron chi connectivity index (χ4n) is 1.45. The lowest BCUT2D eigenvalue weighted by atomic mass is 10.3. The van der Waals surface area contributed by atoms with E-state index in [2.05, 4.69) is 25.9 Å². The van der Waals surface area contributed by atoms with Crippen molar-refractivity contribution in [3.8, 4) is 11.6 Å². The Morgan fingerprint density at radius 3 is 2.75 bits per heavy atom. The summed E-state index contributed by atoms with van der Waals surface area (Å²) in [6, 6.07) is 5.57. The summed E-state index contributed by atoms with van der Waals surface area (Å²) in [4.78, 5) is 18.5. The molecule has 0 fully saturated rings. The second-order valence-corrected chi connectivity index (χ2v) is 4.99. The van der Waals surface area contributed by atoms with Gasteiger partial charge in [0.25, 0.3) is 5.69 Å². The second-order valence-electron chi connectivity index (χ2n) is 3.77. The van der Waals surface area contributed by atoms with E-state index < -0.39 is 4.92 Å². The van der Waals surface area contributed by atoms with E-state index >= 15 is 0 Å². The van der Waals surface area contributed by atoms with E-state index in [-0.39, 0.29) is 10.7 Å². The Morgan fingerprint density at radius 2 is 2.15 bits per heavy atom. The molecule has 0 N–H and O–H groups in total. The number of aryl methyl sites for hydroxylation is 1. The van der Waals surface area contributed by atoms with Gasteiger partial charge in [0.2, 0.25) is 5.88 Å². The first-order valence-electron chi connectivity index (χ1n) is 5.65. The minimum absolute atomic E-state index is 0.0968. The van der Waals surface area contributed by atoms with Crippen molar-refractivity contribution in [1.82, 2.24) is 9.97 Å². The number of aromatic nitrogens is 2. The van der Waals surface area contributed by atoms with Gasteiger partial charge in [0.05, 0.1) is 9.95 Å². The van der Waals surface area contributed by atoms with Crippen LogP contribution in [0, 0.1) is 10.1 Å². The van der Waals surface area contributed by atoms with E-state index in [0.717, 1.165) is 0 Å². The average Bonchev–Trinajstić information content (AvgIpc) is 2.40. The molecule has 1 aromatic carbocycles. The molecule has 0 unspecified atom stereocenters. The Labute approximate surface area is 128 Å². The fraction of sp³-hybridized carbons (Fsp3) is 0.167. The third kappa shape index (κ3) is 3.43. The molecule has 0 bridgehead atoms. The lowest BCUT2D eigenvalue weighted by Crippen LogP contribution is -1.97. The van der Waals surface area contributed by atoms with Crippen LogP contribution in [0.2, 0.25) is 5.02 Å². The standard InChI is InChI=1S/C12H9BrClN3O3/c1-2-11-15-10(13)6-12(16-11)20-9-4-3-7(17(18)19)5-8(9)14/h3-6H,2H2,1H3. The molecule has 0 aliphatic carbocycles. The molecular weight excluding hydrogens is 350 g/mol. The van der Waals surface area contributed by atoms with E-state index in [4.69, 9.17) is 16.3 Å². The highest BCUT2D eigenvalue weighted by atomic mass is 79.9. The number of hydrogen-bond donors (Lipinski definition) is 0. The van der Waals surface area contributed by atoms with Crippen molar-refractivity contribution in [2.24, 2.45) is 0 Å². The van der Waals surface area contributed by atoms with Gasteiger partial charge in [-0.05, 0) is 22.0 Å². The lowest BCUT2D eigenvalue weighted by Gasteiger charge is -2.07. The molecule has 0 spiro atoms. The van der Waals surface area contributed by atoms with Crippen LogP contribution in [0.1, 0.15) is 12.7 Å². The van der Waals surface area contributed by atoms with Crippen LogP contribution >= 0.6 is 27.5 Å². The van der Waals surface area contributed by atoms with Gasteiger partial charge in [0.1, 0.15) is 16.2 Å². The highest BCUT2D eigenvalue weighted by Gasteiger charge is 2.12. The van der Waals surface area contributed by atoms with Gasteiger partial charge in [-0.2, -0.15) is 4.98 Å². The Hall–Kier alpha value is -1.73. The normalized spacial score (nSPS) is 10.3. The van der Waals surface area contributed by atoms with Gasteiger partial charge in [-0.15, -0.1) is 0 Å². The van der Waals surface area contributed by atoms with Gasteiger partial charge < -0.3 is 4.74 Å². The van der Waals surface area contributed by atoms with Crippen LogP contribution in [0.4, 0.5) is 5.69 Å². The van der Waals surface area contributed by atoms with Crippen molar-refractivity contribution in [3.05, 3.63) is 49.8 Å². The van der Waals surface area contributed by atoms with Crippen LogP contribution in [0.5, 0.6) is 11.6 Å². The van der Waals surface area contributed by atoms with Crippen LogP contribution in [-0.4, -0.2) is 14.9 Å². The highest BCUT2D eigenvalue weighted by Crippen LogP contribution is 2.32. The number of benzene rings is 1. The van der Waals surface area contributed by atoms with Crippen molar-refractivity contribution in [1.29, 1.82) is 0 Å². The molecule has 2 rings (SSSR count). The Kier molecular flexibility index (Phi) is 4.51. The summed E-state index contributed by atoms with van der Waals surface area (Å²) in [6.45, 7) is 1.92. The fourth-order valence-corrected chi connectivity index (χ4v) is 2.06. The van der Waals surface area contributed by atoms with Crippen molar-refractivity contribution >= 4 is 33.2 Å². The molecule has 0 aliphatic rings.